The Labute approximate surface area is 118 Å². The van der Waals surface area contributed by atoms with Crippen molar-refractivity contribution in [1.29, 1.82) is 0 Å². The summed E-state index contributed by atoms with van der Waals surface area (Å²) < 4.78 is 13.8. The number of nitrogens with zero attached hydrogens (tertiary/aromatic N) is 2. The number of fused-ring (bicyclic) bond motifs is 1. The Morgan fingerprint density at radius 2 is 2.25 bits per heavy atom. The van der Waals surface area contributed by atoms with Gasteiger partial charge in [-0.3, -0.25) is 9.88 Å². The molecule has 106 valence electrons. The van der Waals surface area contributed by atoms with Gasteiger partial charge in [-0.15, -0.1) is 0 Å². The second kappa shape index (κ2) is 5.46. The Morgan fingerprint density at radius 3 is 3.05 bits per heavy atom. The summed E-state index contributed by atoms with van der Waals surface area (Å²) >= 11 is 0. The van der Waals surface area contributed by atoms with E-state index in [-0.39, 0.29) is 5.82 Å². The van der Waals surface area contributed by atoms with Crippen LogP contribution >= 0.6 is 0 Å². The molecule has 1 aliphatic heterocycles. The van der Waals surface area contributed by atoms with Crippen LogP contribution < -0.4 is 5.73 Å². The normalized spacial score (nSPS) is 24.1. The van der Waals surface area contributed by atoms with E-state index in [9.17, 15) is 4.39 Å². The number of nitrogens with two attached hydrogens (primary N) is 1. The molecule has 3 rings (SSSR count). The van der Waals surface area contributed by atoms with Crippen LogP contribution in [0.4, 0.5) is 4.39 Å². The molecule has 3 nitrogen and oxygen atoms in total. The van der Waals surface area contributed by atoms with Crippen LogP contribution in [0.1, 0.15) is 18.9 Å². The number of hydrogen-bond acceptors (Lipinski definition) is 3. The third-order valence-electron chi connectivity index (χ3n) is 4.25. The summed E-state index contributed by atoms with van der Waals surface area (Å²) in [4.78, 5) is 6.73. The highest BCUT2D eigenvalue weighted by molar-refractivity contribution is 5.82. The van der Waals surface area contributed by atoms with Gasteiger partial charge in [-0.1, -0.05) is 13.0 Å². The van der Waals surface area contributed by atoms with Crippen molar-refractivity contribution in [1.82, 2.24) is 9.88 Å². The number of piperidine rings is 1. The largest absolute Gasteiger partial charge is 0.327 e. The first-order valence-corrected chi connectivity index (χ1v) is 7.15. The van der Waals surface area contributed by atoms with Gasteiger partial charge < -0.3 is 5.73 Å². The average Bonchev–Trinajstić information content (AvgIpc) is 2.46. The van der Waals surface area contributed by atoms with Crippen molar-refractivity contribution in [2.75, 3.05) is 13.1 Å². The second-order valence-electron chi connectivity index (χ2n) is 5.77. The fourth-order valence-corrected chi connectivity index (χ4v) is 2.96. The van der Waals surface area contributed by atoms with Crippen molar-refractivity contribution >= 4 is 10.9 Å². The molecule has 0 radical (unpaired) electrons. The standard InChI is InChI=1S/C16H20FN3/c1-11-9-20(8-6-15(11)18)10-12-4-5-14(17)13-3-2-7-19-16(12)13/h2-5,7,11,15H,6,8-10,18H2,1H3. The summed E-state index contributed by atoms with van der Waals surface area (Å²) in [6, 6.07) is 7.25. The van der Waals surface area contributed by atoms with Gasteiger partial charge in [-0.2, -0.15) is 0 Å². The molecule has 1 aromatic heterocycles. The average molecular weight is 273 g/mol. The van der Waals surface area contributed by atoms with Gasteiger partial charge in [0.05, 0.1) is 5.52 Å². The van der Waals surface area contributed by atoms with Crippen LogP contribution in [-0.4, -0.2) is 29.0 Å². The molecule has 1 fully saturated rings. The van der Waals surface area contributed by atoms with Crippen LogP contribution in [0.3, 0.4) is 0 Å². The summed E-state index contributed by atoms with van der Waals surface area (Å²) in [7, 11) is 0. The molecule has 1 aromatic carbocycles. The summed E-state index contributed by atoms with van der Waals surface area (Å²) in [5.74, 6) is 0.300. The van der Waals surface area contributed by atoms with Crippen LogP contribution in [0, 0.1) is 11.7 Å². The topological polar surface area (TPSA) is 42.2 Å². The lowest BCUT2D eigenvalue weighted by molar-refractivity contribution is 0.158. The molecule has 0 bridgehead atoms. The molecule has 4 heteroatoms. The van der Waals surface area contributed by atoms with Crippen molar-refractivity contribution in [3.63, 3.8) is 0 Å². The van der Waals surface area contributed by atoms with E-state index < -0.39 is 0 Å². The lowest BCUT2D eigenvalue weighted by Crippen LogP contribution is -2.45. The Kier molecular flexibility index (Phi) is 3.68. The zero-order valence-electron chi connectivity index (χ0n) is 11.7. The van der Waals surface area contributed by atoms with E-state index in [4.69, 9.17) is 5.73 Å². The summed E-state index contributed by atoms with van der Waals surface area (Å²) in [6.45, 7) is 4.99. The number of hydrogen-bond donors (Lipinski definition) is 1. The second-order valence-corrected chi connectivity index (χ2v) is 5.77. The fourth-order valence-electron chi connectivity index (χ4n) is 2.96. The first-order chi connectivity index (χ1) is 9.65. The van der Waals surface area contributed by atoms with Gasteiger partial charge in [-0.05, 0) is 42.6 Å². The predicted octanol–water partition coefficient (Wildman–Crippen LogP) is 2.54. The molecule has 0 spiro atoms. The Bertz CT molecular complexity index is 614. The lowest BCUT2D eigenvalue weighted by atomic mass is 9.94. The predicted molar refractivity (Wildman–Crippen MR) is 78.7 cm³/mol. The van der Waals surface area contributed by atoms with Crippen molar-refractivity contribution in [2.45, 2.75) is 25.9 Å². The molecule has 2 N–H and O–H groups in total. The zero-order chi connectivity index (χ0) is 14.1. The maximum absolute atomic E-state index is 13.8. The monoisotopic (exact) mass is 273 g/mol. The third kappa shape index (κ3) is 2.53. The van der Waals surface area contributed by atoms with Gasteiger partial charge in [0.25, 0.3) is 0 Å². The van der Waals surface area contributed by atoms with E-state index in [1.807, 2.05) is 6.07 Å². The molecule has 2 aromatic rings. The summed E-state index contributed by atoms with van der Waals surface area (Å²) in [6.07, 6.45) is 2.74. The maximum atomic E-state index is 13.8. The zero-order valence-corrected chi connectivity index (χ0v) is 11.7. The molecule has 20 heavy (non-hydrogen) atoms. The summed E-state index contributed by atoms with van der Waals surface area (Å²) in [5.41, 5.74) is 7.92. The number of benzene rings is 1. The summed E-state index contributed by atoms with van der Waals surface area (Å²) in [5, 5.41) is 0.603. The molecule has 2 unspecified atom stereocenters. The van der Waals surface area contributed by atoms with E-state index in [0.717, 1.165) is 37.1 Å². The fraction of sp³-hybridized carbons (Fsp3) is 0.438. The Hall–Kier alpha value is -1.52. The van der Waals surface area contributed by atoms with E-state index in [1.165, 1.54) is 0 Å². The minimum atomic E-state index is -0.203. The minimum absolute atomic E-state index is 0.203. The van der Waals surface area contributed by atoms with E-state index in [0.29, 0.717) is 17.3 Å². The smallest absolute Gasteiger partial charge is 0.132 e. The molecule has 2 atom stereocenters. The van der Waals surface area contributed by atoms with Gasteiger partial charge in [0.1, 0.15) is 5.82 Å². The molecule has 2 heterocycles. The van der Waals surface area contributed by atoms with Gasteiger partial charge in [-0.25, -0.2) is 4.39 Å². The minimum Gasteiger partial charge on any atom is -0.327 e. The van der Waals surface area contributed by atoms with Crippen LogP contribution in [0.15, 0.2) is 30.5 Å². The molecular formula is C16H20FN3. The highest BCUT2D eigenvalue weighted by Crippen LogP contribution is 2.23. The Balaban J connectivity index is 1.86. The maximum Gasteiger partial charge on any atom is 0.132 e. The van der Waals surface area contributed by atoms with Crippen LogP contribution in [0.5, 0.6) is 0 Å². The van der Waals surface area contributed by atoms with Gasteiger partial charge in [0.2, 0.25) is 0 Å². The quantitative estimate of drug-likeness (QED) is 0.914. The molecule has 0 saturated carbocycles. The highest BCUT2D eigenvalue weighted by atomic mass is 19.1. The number of rotatable bonds is 2. The number of aromatic nitrogens is 1. The SMILES string of the molecule is CC1CN(Cc2ccc(F)c3cccnc23)CCC1N. The van der Waals surface area contributed by atoms with Crippen LogP contribution in [-0.2, 0) is 6.54 Å². The number of pyridine rings is 1. The van der Waals surface area contributed by atoms with Crippen molar-refractivity contribution < 1.29 is 4.39 Å². The van der Waals surface area contributed by atoms with Gasteiger partial charge >= 0.3 is 0 Å². The van der Waals surface area contributed by atoms with Crippen LogP contribution in [0.2, 0.25) is 0 Å². The van der Waals surface area contributed by atoms with E-state index in [2.05, 4.69) is 16.8 Å². The molecular weight excluding hydrogens is 253 g/mol. The third-order valence-corrected chi connectivity index (χ3v) is 4.25. The molecule has 1 saturated heterocycles. The molecule has 0 aliphatic carbocycles. The van der Waals surface area contributed by atoms with E-state index in [1.54, 1.807) is 24.4 Å². The number of likely N-dealkylation sites (tertiary alicyclic amines) is 1. The lowest BCUT2D eigenvalue weighted by Gasteiger charge is -2.35. The van der Waals surface area contributed by atoms with Crippen molar-refractivity contribution in [3.05, 3.63) is 41.8 Å². The molecule has 1 aliphatic rings. The Morgan fingerprint density at radius 1 is 1.40 bits per heavy atom. The van der Waals surface area contributed by atoms with Gasteiger partial charge in [0, 0.05) is 30.7 Å². The van der Waals surface area contributed by atoms with Crippen molar-refractivity contribution in [3.8, 4) is 0 Å². The van der Waals surface area contributed by atoms with Gasteiger partial charge in [0.15, 0.2) is 0 Å². The highest BCUT2D eigenvalue weighted by Gasteiger charge is 2.23. The molecule has 0 amide bonds. The van der Waals surface area contributed by atoms with Crippen molar-refractivity contribution in [2.24, 2.45) is 11.7 Å². The first-order valence-electron chi connectivity index (χ1n) is 7.15. The first kappa shape index (κ1) is 13.5. The number of halogens is 1. The van der Waals surface area contributed by atoms with E-state index >= 15 is 0 Å². The van der Waals surface area contributed by atoms with Crippen LogP contribution in [0.25, 0.3) is 10.9 Å².